The first-order valence-electron chi connectivity index (χ1n) is 7.58. The van der Waals surface area contributed by atoms with E-state index < -0.39 is 18.3 Å². The number of hydrogen-bond donors (Lipinski definition) is 3. The number of hydrogen-bond acceptors (Lipinski definition) is 6. The molecule has 3 unspecified atom stereocenters. The van der Waals surface area contributed by atoms with E-state index in [0.29, 0.717) is 19.8 Å². The molecule has 0 heterocycles. The molecule has 0 aromatic rings. The predicted molar refractivity (Wildman–Crippen MR) is 80.2 cm³/mol. The molecular weight excluding hydrogens is 276 g/mol. The molecule has 0 saturated heterocycles. The Hall–Kier alpha value is -0.240. The molecule has 0 aliphatic rings. The molecule has 6 heteroatoms. The Kier molecular flexibility index (Phi) is 11.2. The van der Waals surface area contributed by atoms with E-state index in [1.54, 1.807) is 20.8 Å². The Morgan fingerprint density at radius 2 is 1.00 bits per heavy atom. The molecule has 0 aromatic carbocycles. The Bertz CT molecular complexity index is 206. The standard InChI is InChI=1S/C15H32O6/c1-5-15(9-19-6-12(2)16,10-20-7-13(3)17)11-21-8-14(4)18/h12-14,16-18H,5-11H2,1-4H3. The second-order valence-electron chi connectivity index (χ2n) is 5.95. The molecule has 0 aliphatic carbocycles. The van der Waals surface area contributed by atoms with Crippen molar-refractivity contribution < 1.29 is 29.5 Å². The van der Waals surface area contributed by atoms with Gasteiger partial charge < -0.3 is 29.5 Å². The summed E-state index contributed by atoms with van der Waals surface area (Å²) in [5, 5.41) is 27.8. The molecule has 3 atom stereocenters. The lowest BCUT2D eigenvalue weighted by Gasteiger charge is -2.32. The second-order valence-corrected chi connectivity index (χ2v) is 5.95. The zero-order valence-electron chi connectivity index (χ0n) is 13.7. The van der Waals surface area contributed by atoms with Crippen LogP contribution in [0.25, 0.3) is 0 Å². The molecule has 0 rings (SSSR count). The molecule has 0 spiro atoms. The highest BCUT2D eigenvalue weighted by Crippen LogP contribution is 2.24. The maximum Gasteiger partial charge on any atom is 0.0745 e. The van der Waals surface area contributed by atoms with Crippen molar-refractivity contribution in [1.82, 2.24) is 0 Å². The fourth-order valence-electron chi connectivity index (χ4n) is 1.77. The molecule has 0 bridgehead atoms. The average molecular weight is 308 g/mol. The van der Waals surface area contributed by atoms with E-state index in [1.165, 1.54) is 0 Å². The van der Waals surface area contributed by atoms with Crippen molar-refractivity contribution >= 4 is 0 Å². The SMILES string of the molecule is CCC(COCC(C)O)(COCC(C)O)COCC(C)O. The smallest absolute Gasteiger partial charge is 0.0745 e. The molecule has 0 amide bonds. The zero-order chi connectivity index (χ0) is 16.3. The van der Waals surface area contributed by atoms with Gasteiger partial charge in [-0.05, 0) is 27.2 Å². The van der Waals surface area contributed by atoms with Gasteiger partial charge in [0.05, 0.1) is 58.0 Å². The summed E-state index contributed by atoms with van der Waals surface area (Å²) in [7, 11) is 0. The Morgan fingerprint density at radius 1 is 0.714 bits per heavy atom. The number of aliphatic hydroxyl groups excluding tert-OH is 3. The van der Waals surface area contributed by atoms with E-state index in [0.717, 1.165) is 6.42 Å². The third-order valence-corrected chi connectivity index (χ3v) is 3.05. The summed E-state index contributed by atoms with van der Waals surface area (Å²) >= 11 is 0. The quantitative estimate of drug-likeness (QED) is 0.461. The van der Waals surface area contributed by atoms with Crippen molar-refractivity contribution in [2.24, 2.45) is 5.41 Å². The van der Waals surface area contributed by atoms with Crippen LogP contribution in [0.1, 0.15) is 34.1 Å². The molecule has 0 fully saturated rings. The molecule has 0 aliphatic heterocycles. The molecule has 3 N–H and O–H groups in total. The van der Waals surface area contributed by atoms with Crippen LogP contribution in [-0.4, -0.2) is 73.3 Å². The van der Waals surface area contributed by atoms with Gasteiger partial charge in [-0.3, -0.25) is 0 Å². The van der Waals surface area contributed by atoms with E-state index in [2.05, 4.69) is 0 Å². The van der Waals surface area contributed by atoms with Crippen LogP contribution >= 0.6 is 0 Å². The Morgan fingerprint density at radius 3 is 1.19 bits per heavy atom. The van der Waals surface area contributed by atoms with Gasteiger partial charge in [-0.2, -0.15) is 0 Å². The van der Waals surface area contributed by atoms with Gasteiger partial charge in [-0.1, -0.05) is 6.92 Å². The Labute approximate surface area is 128 Å². The van der Waals surface area contributed by atoms with E-state index in [1.807, 2.05) is 6.92 Å². The number of rotatable bonds is 13. The van der Waals surface area contributed by atoms with Crippen molar-refractivity contribution in [2.45, 2.75) is 52.4 Å². The second kappa shape index (κ2) is 11.3. The van der Waals surface area contributed by atoms with Crippen LogP contribution in [0, 0.1) is 5.41 Å². The minimum Gasteiger partial charge on any atom is -0.391 e. The largest absolute Gasteiger partial charge is 0.391 e. The van der Waals surface area contributed by atoms with Crippen molar-refractivity contribution in [3.8, 4) is 0 Å². The highest BCUT2D eigenvalue weighted by atomic mass is 16.5. The minimum atomic E-state index is -0.517. The van der Waals surface area contributed by atoms with Crippen LogP contribution in [0.5, 0.6) is 0 Å². The van der Waals surface area contributed by atoms with Gasteiger partial charge in [0.2, 0.25) is 0 Å². The van der Waals surface area contributed by atoms with Crippen LogP contribution in [0.2, 0.25) is 0 Å². The fourth-order valence-corrected chi connectivity index (χ4v) is 1.77. The maximum absolute atomic E-state index is 9.27. The van der Waals surface area contributed by atoms with Crippen LogP contribution in [0.4, 0.5) is 0 Å². The van der Waals surface area contributed by atoms with Crippen molar-refractivity contribution in [3.05, 3.63) is 0 Å². The van der Waals surface area contributed by atoms with E-state index >= 15 is 0 Å². The summed E-state index contributed by atoms with van der Waals surface area (Å²) in [6.07, 6.45) is -0.782. The van der Waals surface area contributed by atoms with Crippen LogP contribution in [-0.2, 0) is 14.2 Å². The van der Waals surface area contributed by atoms with Gasteiger partial charge in [0.1, 0.15) is 0 Å². The van der Waals surface area contributed by atoms with E-state index in [4.69, 9.17) is 14.2 Å². The summed E-state index contributed by atoms with van der Waals surface area (Å²) in [6.45, 7) is 8.99. The first kappa shape index (κ1) is 20.8. The summed E-state index contributed by atoms with van der Waals surface area (Å²) in [6, 6.07) is 0. The van der Waals surface area contributed by atoms with Crippen LogP contribution < -0.4 is 0 Å². The third-order valence-electron chi connectivity index (χ3n) is 3.05. The molecule has 6 nitrogen and oxygen atoms in total. The number of ether oxygens (including phenoxy) is 3. The number of aliphatic hydroxyl groups is 3. The van der Waals surface area contributed by atoms with Crippen LogP contribution in [0.3, 0.4) is 0 Å². The van der Waals surface area contributed by atoms with Gasteiger partial charge in [-0.15, -0.1) is 0 Å². The fraction of sp³-hybridized carbons (Fsp3) is 1.00. The first-order chi connectivity index (χ1) is 9.81. The minimum absolute atomic E-state index is 0.258. The topological polar surface area (TPSA) is 88.4 Å². The monoisotopic (exact) mass is 308 g/mol. The lowest BCUT2D eigenvalue weighted by atomic mass is 9.88. The van der Waals surface area contributed by atoms with E-state index in [9.17, 15) is 15.3 Å². The Balaban J connectivity index is 4.43. The maximum atomic E-state index is 9.27. The van der Waals surface area contributed by atoms with Gasteiger partial charge >= 0.3 is 0 Å². The molecule has 0 radical (unpaired) electrons. The normalized spacial score (nSPS) is 19.0. The molecular formula is C15H32O6. The van der Waals surface area contributed by atoms with Gasteiger partial charge in [0, 0.05) is 5.41 Å². The van der Waals surface area contributed by atoms with Crippen molar-refractivity contribution in [3.63, 3.8) is 0 Å². The van der Waals surface area contributed by atoms with Gasteiger partial charge in [-0.25, -0.2) is 0 Å². The molecule has 0 aromatic heterocycles. The summed E-state index contributed by atoms with van der Waals surface area (Å²) in [4.78, 5) is 0. The lowest BCUT2D eigenvalue weighted by molar-refractivity contribution is -0.0968. The average Bonchev–Trinajstić information content (AvgIpc) is 2.36. The lowest BCUT2D eigenvalue weighted by Crippen LogP contribution is -2.39. The van der Waals surface area contributed by atoms with Crippen LogP contribution in [0.15, 0.2) is 0 Å². The van der Waals surface area contributed by atoms with E-state index in [-0.39, 0.29) is 25.2 Å². The summed E-state index contributed by atoms with van der Waals surface area (Å²) in [5.74, 6) is 0. The highest BCUT2D eigenvalue weighted by Gasteiger charge is 2.30. The first-order valence-corrected chi connectivity index (χ1v) is 7.58. The highest BCUT2D eigenvalue weighted by molar-refractivity contribution is 4.78. The summed E-state index contributed by atoms with van der Waals surface area (Å²) in [5.41, 5.74) is -0.349. The third kappa shape index (κ3) is 11.0. The van der Waals surface area contributed by atoms with Crippen molar-refractivity contribution in [1.29, 1.82) is 0 Å². The predicted octanol–water partition coefficient (Wildman–Crippen LogP) is 0.575. The molecule has 128 valence electrons. The molecule has 21 heavy (non-hydrogen) atoms. The van der Waals surface area contributed by atoms with Crippen molar-refractivity contribution in [2.75, 3.05) is 39.6 Å². The zero-order valence-corrected chi connectivity index (χ0v) is 13.7. The van der Waals surface area contributed by atoms with Gasteiger partial charge in [0.25, 0.3) is 0 Å². The summed E-state index contributed by atoms with van der Waals surface area (Å²) < 4.78 is 16.6. The van der Waals surface area contributed by atoms with Gasteiger partial charge in [0.15, 0.2) is 0 Å². The molecule has 0 saturated carbocycles.